The molecule has 0 spiro atoms. The standard InChI is InChI=1S/C31H35FN4O/c1-21(2)34(4)31(37)27-17-25(32)9-10-29(27)36-20-28(26-11-14-33-18-30(26)36)24-12-15-35(16-13-24)19-23-7-5-22(3)6-8-23/h5-11,14,17-18,20-21,24H,12-13,15-16,19H2,1-4H3. The number of hydrogen-bond acceptors (Lipinski definition) is 3. The van der Waals surface area contributed by atoms with Crippen LogP contribution in [0.1, 0.15) is 59.7 Å². The molecule has 37 heavy (non-hydrogen) atoms. The van der Waals surface area contributed by atoms with Crippen LogP contribution in [0.2, 0.25) is 0 Å². The Balaban J connectivity index is 1.45. The molecule has 1 aliphatic rings. The Morgan fingerprint density at radius 1 is 1.11 bits per heavy atom. The zero-order valence-corrected chi connectivity index (χ0v) is 22.1. The molecule has 0 saturated carbocycles. The minimum atomic E-state index is -0.417. The van der Waals surface area contributed by atoms with Crippen LogP contribution in [0.3, 0.4) is 0 Å². The van der Waals surface area contributed by atoms with E-state index in [2.05, 4.69) is 53.3 Å². The molecule has 2 aromatic heterocycles. The van der Waals surface area contributed by atoms with Crippen molar-refractivity contribution in [3.8, 4) is 5.69 Å². The Hall–Kier alpha value is -3.51. The van der Waals surface area contributed by atoms with E-state index >= 15 is 0 Å². The average Bonchev–Trinajstić information content (AvgIpc) is 3.29. The number of aryl methyl sites for hydroxylation is 1. The molecule has 5 rings (SSSR count). The molecule has 0 radical (unpaired) electrons. The van der Waals surface area contributed by atoms with Crippen molar-refractivity contribution in [3.63, 3.8) is 0 Å². The van der Waals surface area contributed by atoms with E-state index in [1.807, 2.05) is 30.8 Å². The number of rotatable bonds is 6. The number of benzene rings is 2. The Morgan fingerprint density at radius 2 is 1.84 bits per heavy atom. The van der Waals surface area contributed by atoms with Gasteiger partial charge in [0.05, 0.1) is 23.0 Å². The Kier molecular flexibility index (Phi) is 7.11. The summed E-state index contributed by atoms with van der Waals surface area (Å²) in [5.41, 5.74) is 5.89. The summed E-state index contributed by atoms with van der Waals surface area (Å²) in [6, 6.07) is 15.3. The van der Waals surface area contributed by atoms with Crippen LogP contribution in [-0.2, 0) is 6.54 Å². The molecule has 3 heterocycles. The first-order chi connectivity index (χ1) is 17.8. The zero-order valence-electron chi connectivity index (χ0n) is 22.1. The molecule has 1 aliphatic heterocycles. The number of piperidine rings is 1. The largest absolute Gasteiger partial charge is 0.339 e. The molecule has 6 heteroatoms. The van der Waals surface area contributed by atoms with Gasteiger partial charge in [-0.25, -0.2) is 4.39 Å². The number of halogens is 1. The fraction of sp³-hybridized carbons (Fsp3) is 0.355. The van der Waals surface area contributed by atoms with Gasteiger partial charge in [0.2, 0.25) is 0 Å². The summed E-state index contributed by atoms with van der Waals surface area (Å²) in [6.07, 6.45) is 7.95. The number of amides is 1. The summed E-state index contributed by atoms with van der Waals surface area (Å²) in [5.74, 6) is -0.195. The average molecular weight is 499 g/mol. The first kappa shape index (κ1) is 25.2. The topological polar surface area (TPSA) is 41.4 Å². The van der Waals surface area contributed by atoms with E-state index in [1.54, 1.807) is 18.0 Å². The van der Waals surface area contributed by atoms with Gasteiger partial charge >= 0.3 is 0 Å². The third kappa shape index (κ3) is 5.16. The zero-order chi connectivity index (χ0) is 26.1. The number of carbonyl (C=O) groups is 1. The van der Waals surface area contributed by atoms with E-state index in [1.165, 1.54) is 28.8 Å². The van der Waals surface area contributed by atoms with Gasteiger partial charge in [0.1, 0.15) is 5.82 Å². The van der Waals surface area contributed by atoms with Gasteiger partial charge < -0.3 is 9.47 Å². The lowest BCUT2D eigenvalue weighted by atomic mass is 9.89. The van der Waals surface area contributed by atoms with E-state index in [9.17, 15) is 9.18 Å². The van der Waals surface area contributed by atoms with Crippen molar-refractivity contribution in [2.45, 2.75) is 52.1 Å². The molecule has 1 fully saturated rings. The Morgan fingerprint density at radius 3 is 2.54 bits per heavy atom. The van der Waals surface area contributed by atoms with Crippen LogP contribution in [0.4, 0.5) is 4.39 Å². The number of carbonyl (C=O) groups excluding carboxylic acids is 1. The number of hydrogen-bond donors (Lipinski definition) is 0. The number of nitrogens with zero attached hydrogens (tertiary/aromatic N) is 4. The fourth-order valence-corrected chi connectivity index (χ4v) is 5.29. The van der Waals surface area contributed by atoms with Crippen LogP contribution >= 0.6 is 0 Å². The number of fused-ring (bicyclic) bond motifs is 1. The molecule has 2 aromatic carbocycles. The van der Waals surface area contributed by atoms with Gasteiger partial charge in [0, 0.05) is 37.4 Å². The van der Waals surface area contributed by atoms with Gasteiger partial charge in [-0.15, -0.1) is 0 Å². The number of likely N-dealkylation sites (tertiary alicyclic amines) is 1. The van der Waals surface area contributed by atoms with Crippen molar-refractivity contribution < 1.29 is 9.18 Å². The maximum Gasteiger partial charge on any atom is 0.256 e. The summed E-state index contributed by atoms with van der Waals surface area (Å²) < 4.78 is 16.3. The van der Waals surface area contributed by atoms with Gasteiger partial charge in [0.25, 0.3) is 5.91 Å². The molecule has 5 nitrogen and oxygen atoms in total. The lowest BCUT2D eigenvalue weighted by Crippen LogP contribution is -2.33. The van der Waals surface area contributed by atoms with Crippen LogP contribution in [0, 0.1) is 12.7 Å². The van der Waals surface area contributed by atoms with Crippen LogP contribution in [0.5, 0.6) is 0 Å². The minimum Gasteiger partial charge on any atom is -0.339 e. The third-order valence-corrected chi connectivity index (χ3v) is 7.74. The second-order valence-electron chi connectivity index (χ2n) is 10.6. The maximum absolute atomic E-state index is 14.3. The molecular formula is C31H35FN4O. The summed E-state index contributed by atoms with van der Waals surface area (Å²) in [7, 11) is 1.76. The van der Waals surface area contributed by atoms with Gasteiger partial charge in [-0.05, 0) is 88.0 Å². The highest BCUT2D eigenvalue weighted by atomic mass is 19.1. The van der Waals surface area contributed by atoms with E-state index in [0.29, 0.717) is 17.2 Å². The lowest BCUT2D eigenvalue weighted by molar-refractivity contribution is 0.0754. The second kappa shape index (κ2) is 10.5. The molecule has 192 valence electrons. The maximum atomic E-state index is 14.3. The lowest BCUT2D eigenvalue weighted by Gasteiger charge is -2.32. The predicted octanol–water partition coefficient (Wildman–Crippen LogP) is 6.33. The predicted molar refractivity (Wildman–Crippen MR) is 147 cm³/mol. The van der Waals surface area contributed by atoms with Crippen molar-refractivity contribution in [1.82, 2.24) is 19.4 Å². The number of pyridine rings is 1. The second-order valence-corrected chi connectivity index (χ2v) is 10.6. The van der Waals surface area contributed by atoms with E-state index in [-0.39, 0.29) is 11.9 Å². The van der Waals surface area contributed by atoms with Crippen LogP contribution in [-0.4, -0.2) is 51.4 Å². The SMILES string of the molecule is Cc1ccc(CN2CCC(c3cn(-c4ccc(F)cc4C(=O)N(C)C(C)C)c4cnccc34)CC2)cc1. The normalized spacial score (nSPS) is 15.0. The summed E-state index contributed by atoms with van der Waals surface area (Å²) in [4.78, 5) is 21.9. The molecule has 0 aliphatic carbocycles. The monoisotopic (exact) mass is 498 g/mol. The van der Waals surface area contributed by atoms with Crippen molar-refractivity contribution in [1.29, 1.82) is 0 Å². The molecule has 1 saturated heterocycles. The van der Waals surface area contributed by atoms with Crippen molar-refractivity contribution in [2.24, 2.45) is 0 Å². The highest BCUT2D eigenvalue weighted by Gasteiger charge is 2.26. The van der Waals surface area contributed by atoms with Gasteiger partial charge in [-0.1, -0.05) is 29.8 Å². The van der Waals surface area contributed by atoms with Crippen LogP contribution < -0.4 is 0 Å². The Bertz CT molecular complexity index is 1400. The van der Waals surface area contributed by atoms with Crippen molar-refractivity contribution in [2.75, 3.05) is 20.1 Å². The summed E-state index contributed by atoms with van der Waals surface area (Å²) in [6.45, 7) is 9.08. The van der Waals surface area contributed by atoms with Gasteiger partial charge in [-0.3, -0.25) is 14.7 Å². The molecule has 0 unspecified atom stereocenters. The molecule has 0 N–H and O–H groups in total. The highest BCUT2D eigenvalue weighted by molar-refractivity contribution is 5.99. The number of aromatic nitrogens is 2. The van der Waals surface area contributed by atoms with Crippen LogP contribution in [0.15, 0.2) is 67.1 Å². The quantitative estimate of drug-likeness (QED) is 0.312. The van der Waals surface area contributed by atoms with Crippen molar-refractivity contribution in [3.05, 3.63) is 95.2 Å². The first-order valence-electron chi connectivity index (χ1n) is 13.1. The third-order valence-electron chi connectivity index (χ3n) is 7.74. The van der Waals surface area contributed by atoms with E-state index in [0.717, 1.165) is 43.4 Å². The van der Waals surface area contributed by atoms with Gasteiger partial charge in [-0.2, -0.15) is 0 Å². The van der Waals surface area contributed by atoms with E-state index in [4.69, 9.17) is 0 Å². The minimum absolute atomic E-state index is 0.00680. The fourth-order valence-electron chi connectivity index (χ4n) is 5.29. The molecule has 0 bridgehead atoms. The van der Waals surface area contributed by atoms with Crippen LogP contribution in [0.25, 0.3) is 16.6 Å². The molecule has 4 aromatic rings. The molecular weight excluding hydrogens is 463 g/mol. The highest BCUT2D eigenvalue weighted by Crippen LogP contribution is 2.36. The molecule has 1 amide bonds. The Labute approximate surface area is 218 Å². The van der Waals surface area contributed by atoms with E-state index < -0.39 is 5.82 Å². The van der Waals surface area contributed by atoms with Crippen molar-refractivity contribution >= 4 is 16.8 Å². The first-order valence-corrected chi connectivity index (χ1v) is 13.1. The summed E-state index contributed by atoms with van der Waals surface area (Å²) in [5, 5.41) is 1.15. The summed E-state index contributed by atoms with van der Waals surface area (Å²) >= 11 is 0. The van der Waals surface area contributed by atoms with Gasteiger partial charge in [0.15, 0.2) is 0 Å². The molecule has 0 atom stereocenters. The smallest absolute Gasteiger partial charge is 0.256 e.